The number of fused-ring (bicyclic) bond motifs is 1. The highest BCUT2D eigenvalue weighted by atomic mass is 35.5. The largest absolute Gasteiger partial charge is 0.481 e. The van der Waals surface area contributed by atoms with Gasteiger partial charge in [-0.3, -0.25) is 9.59 Å². The van der Waals surface area contributed by atoms with Crippen molar-refractivity contribution in [2.45, 2.75) is 0 Å². The monoisotopic (exact) mass is 433 g/mol. The number of carbonyl (C=O) groups excluding carboxylic acids is 2. The fourth-order valence-corrected chi connectivity index (χ4v) is 3.28. The van der Waals surface area contributed by atoms with Crippen LogP contribution in [0.2, 0.25) is 10.0 Å². The van der Waals surface area contributed by atoms with Crippen LogP contribution in [0.15, 0.2) is 42.5 Å². The molecule has 1 aliphatic rings. The number of carbonyl (C=O) groups is 2. The van der Waals surface area contributed by atoms with Crippen molar-refractivity contribution >= 4 is 52.5 Å². The molecule has 0 bridgehead atoms. The highest BCUT2D eigenvalue weighted by molar-refractivity contribution is 6.35. The van der Waals surface area contributed by atoms with E-state index in [1.807, 2.05) is 19.0 Å². The van der Waals surface area contributed by atoms with Crippen LogP contribution in [0.5, 0.6) is 5.75 Å². The summed E-state index contributed by atoms with van der Waals surface area (Å²) in [5.74, 6) is 0.164. The molecule has 152 valence electrons. The number of nitrogens with one attached hydrogen (secondary N) is 1. The molecule has 8 heteroatoms. The molecular formula is C21H21Cl2N3O3. The third-order valence-electron chi connectivity index (χ3n) is 4.32. The lowest BCUT2D eigenvalue weighted by Crippen LogP contribution is -2.42. The first kappa shape index (κ1) is 21.2. The van der Waals surface area contributed by atoms with Gasteiger partial charge >= 0.3 is 0 Å². The molecule has 0 radical (unpaired) electrons. The van der Waals surface area contributed by atoms with Gasteiger partial charge in [0.05, 0.1) is 5.69 Å². The maximum atomic E-state index is 12.2. The topological polar surface area (TPSA) is 61.9 Å². The quantitative estimate of drug-likeness (QED) is 0.700. The number of likely N-dealkylation sites (N-methyl/N-ethyl adjacent to an activating group) is 1. The van der Waals surface area contributed by atoms with Crippen molar-refractivity contribution in [3.05, 3.63) is 58.1 Å². The number of anilines is 2. The summed E-state index contributed by atoms with van der Waals surface area (Å²) in [4.78, 5) is 28.1. The zero-order valence-electron chi connectivity index (χ0n) is 16.1. The predicted molar refractivity (Wildman–Crippen MR) is 117 cm³/mol. The summed E-state index contributed by atoms with van der Waals surface area (Å²) in [6, 6.07) is 10.3. The van der Waals surface area contributed by atoms with Gasteiger partial charge in [0, 0.05) is 41.0 Å². The fourth-order valence-electron chi connectivity index (χ4n) is 2.81. The lowest BCUT2D eigenvalue weighted by Gasteiger charge is -2.30. The number of amides is 2. The number of hydrogen-bond donors (Lipinski definition) is 1. The van der Waals surface area contributed by atoms with Gasteiger partial charge in [0.15, 0.2) is 6.61 Å². The van der Waals surface area contributed by atoms with Crippen LogP contribution in [0.1, 0.15) is 5.56 Å². The van der Waals surface area contributed by atoms with Gasteiger partial charge in [0.25, 0.3) is 5.91 Å². The molecule has 0 unspecified atom stereocenters. The van der Waals surface area contributed by atoms with Crippen molar-refractivity contribution in [3.63, 3.8) is 0 Å². The highest BCUT2D eigenvalue weighted by Gasteiger charge is 2.25. The van der Waals surface area contributed by atoms with Gasteiger partial charge in [0.2, 0.25) is 5.91 Å². The Kier molecular flexibility index (Phi) is 6.79. The first-order chi connectivity index (χ1) is 13.8. The van der Waals surface area contributed by atoms with Gasteiger partial charge in [0.1, 0.15) is 5.75 Å². The Labute approximate surface area is 179 Å². The summed E-state index contributed by atoms with van der Waals surface area (Å²) >= 11 is 12.0. The Bertz CT molecular complexity index is 960. The molecule has 3 rings (SSSR count). The third kappa shape index (κ3) is 5.50. The molecule has 0 saturated heterocycles. The minimum atomic E-state index is -0.313. The van der Waals surface area contributed by atoms with Crippen LogP contribution >= 0.6 is 23.2 Å². The lowest BCUT2D eigenvalue weighted by atomic mass is 10.2. The summed E-state index contributed by atoms with van der Waals surface area (Å²) in [7, 11) is 3.91. The standard InChI is InChI=1S/C21H21Cl2N3O3/c1-25(2)9-10-26-18-7-6-16(12-19(18)29-13-21(26)28)24-20(27)8-4-14-3-5-15(22)11-17(14)23/h3-8,11-12H,9-10,13H2,1-2H3,(H,24,27)/b8-4+. The first-order valence-corrected chi connectivity index (χ1v) is 9.75. The van der Waals surface area contributed by atoms with Crippen LogP contribution in [0.25, 0.3) is 6.08 Å². The Morgan fingerprint density at radius 3 is 2.76 bits per heavy atom. The van der Waals surface area contributed by atoms with Crippen molar-refractivity contribution in [2.24, 2.45) is 0 Å². The molecule has 2 aromatic carbocycles. The average molecular weight is 434 g/mol. The average Bonchev–Trinajstić information content (AvgIpc) is 2.66. The molecule has 1 heterocycles. The summed E-state index contributed by atoms with van der Waals surface area (Å²) in [6.45, 7) is 1.28. The van der Waals surface area contributed by atoms with Crippen molar-refractivity contribution < 1.29 is 14.3 Å². The Morgan fingerprint density at radius 1 is 1.24 bits per heavy atom. The van der Waals surface area contributed by atoms with Crippen molar-refractivity contribution in [1.29, 1.82) is 0 Å². The van der Waals surface area contributed by atoms with Gasteiger partial charge < -0.3 is 19.9 Å². The van der Waals surface area contributed by atoms with Crippen molar-refractivity contribution in [1.82, 2.24) is 4.90 Å². The Balaban J connectivity index is 1.70. The number of halogens is 2. The predicted octanol–water partition coefficient (Wildman–Crippen LogP) is 3.93. The third-order valence-corrected chi connectivity index (χ3v) is 4.88. The smallest absolute Gasteiger partial charge is 0.265 e. The molecule has 0 aliphatic carbocycles. The minimum Gasteiger partial charge on any atom is -0.481 e. The molecule has 0 aromatic heterocycles. The summed E-state index contributed by atoms with van der Waals surface area (Å²) in [5, 5.41) is 3.78. The van der Waals surface area contributed by atoms with E-state index in [-0.39, 0.29) is 18.4 Å². The maximum Gasteiger partial charge on any atom is 0.265 e. The lowest BCUT2D eigenvalue weighted by molar-refractivity contribution is -0.121. The van der Waals surface area contributed by atoms with Gasteiger partial charge in [-0.15, -0.1) is 0 Å². The molecular weight excluding hydrogens is 413 g/mol. The molecule has 0 atom stereocenters. The molecule has 29 heavy (non-hydrogen) atoms. The van der Waals surface area contributed by atoms with Crippen molar-refractivity contribution in [3.8, 4) is 5.75 Å². The maximum absolute atomic E-state index is 12.2. The van der Waals surface area contributed by atoms with E-state index < -0.39 is 0 Å². The number of hydrogen-bond acceptors (Lipinski definition) is 4. The van der Waals surface area contributed by atoms with E-state index >= 15 is 0 Å². The van der Waals surface area contributed by atoms with E-state index in [0.29, 0.717) is 39.3 Å². The minimum absolute atomic E-state index is 0.0210. The van der Waals surface area contributed by atoms with Crippen molar-refractivity contribution in [2.75, 3.05) is 44.0 Å². The van der Waals surface area contributed by atoms with Gasteiger partial charge in [-0.1, -0.05) is 29.3 Å². The van der Waals surface area contributed by atoms with Gasteiger partial charge in [-0.05, 0) is 50.0 Å². The SMILES string of the molecule is CN(C)CCN1C(=O)COc2cc(NC(=O)/C=C/c3ccc(Cl)cc3Cl)ccc21. The Hall–Kier alpha value is -2.54. The summed E-state index contributed by atoms with van der Waals surface area (Å²) in [6.07, 6.45) is 3.01. The van der Waals surface area contributed by atoms with Crippen LogP contribution in [-0.2, 0) is 9.59 Å². The molecule has 0 saturated carbocycles. The van der Waals surface area contributed by atoms with Gasteiger partial charge in [-0.2, -0.15) is 0 Å². The molecule has 0 fully saturated rings. The van der Waals surface area contributed by atoms with E-state index in [1.54, 1.807) is 47.4 Å². The highest BCUT2D eigenvalue weighted by Crippen LogP contribution is 2.34. The molecule has 0 spiro atoms. The number of benzene rings is 2. The molecule has 1 N–H and O–H groups in total. The molecule has 2 amide bonds. The van der Waals surface area contributed by atoms with Crippen LogP contribution in [0, 0.1) is 0 Å². The van der Waals surface area contributed by atoms with Crippen LogP contribution in [0.3, 0.4) is 0 Å². The zero-order valence-corrected chi connectivity index (χ0v) is 17.6. The summed E-state index contributed by atoms with van der Waals surface area (Å²) < 4.78 is 5.55. The molecule has 1 aliphatic heterocycles. The van der Waals surface area contributed by atoms with Gasteiger partial charge in [-0.25, -0.2) is 0 Å². The number of ether oxygens (including phenoxy) is 1. The van der Waals surface area contributed by atoms with E-state index in [4.69, 9.17) is 27.9 Å². The number of nitrogens with zero attached hydrogens (tertiary/aromatic N) is 2. The number of rotatable bonds is 6. The fraction of sp³-hybridized carbons (Fsp3) is 0.238. The second kappa shape index (κ2) is 9.31. The van der Waals surface area contributed by atoms with E-state index in [1.165, 1.54) is 6.08 Å². The second-order valence-corrected chi connectivity index (χ2v) is 7.65. The second-order valence-electron chi connectivity index (χ2n) is 6.81. The van der Waals surface area contributed by atoms with Crippen LogP contribution in [-0.4, -0.2) is 50.5 Å². The molecule has 6 nitrogen and oxygen atoms in total. The molecule has 2 aromatic rings. The van der Waals surface area contributed by atoms with E-state index in [9.17, 15) is 9.59 Å². The van der Waals surface area contributed by atoms with Crippen LogP contribution < -0.4 is 15.0 Å². The van der Waals surface area contributed by atoms with Crippen LogP contribution in [0.4, 0.5) is 11.4 Å². The Morgan fingerprint density at radius 2 is 2.03 bits per heavy atom. The summed E-state index contributed by atoms with van der Waals surface area (Å²) in [5.41, 5.74) is 1.96. The van der Waals surface area contributed by atoms with E-state index in [2.05, 4.69) is 5.32 Å². The zero-order chi connectivity index (χ0) is 21.0. The first-order valence-electron chi connectivity index (χ1n) is 8.99. The van der Waals surface area contributed by atoms with E-state index in [0.717, 1.165) is 6.54 Å². The normalized spacial score (nSPS) is 13.6.